The van der Waals surface area contributed by atoms with Crippen LogP contribution in [0.25, 0.3) is 43.8 Å². The van der Waals surface area contributed by atoms with Crippen LogP contribution in [0, 0.1) is 0 Å². The van der Waals surface area contributed by atoms with E-state index in [1.165, 1.54) is 47.6 Å². The maximum atomic E-state index is 11.9. The Balaban J connectivity index is 1.16. The Bertz CT molecular complexity index is 2050. The number of thioether (sulfide) groups is 2. The standard InChI is InChI=1S/C48H52O2S2/c1-47(2,3)35-25-33(45(49)41(27-35)39-21-13-17-31-15-7-9-19-37(31)39)29-51-43-23-11-12-24-44(43)52-30-34-26-36(48(4,5)6)28-42(46(34)50)40-22-14-18-32-16-8-10-20-38(32)40/h7-10,13-22,25-28,43-44,49-50H,11-12,23-24,29-30H2,1-6H3/t43-,44?/m1/s1. The van der Waals surface area contributed by atoms with E-state index < -0.39 is 0 Å². The SMILES string of the molecule is CC(C)(C)c1cc(CSC2CCCC[C@H]2SCc2cc(C(C)(C)C)cc(-c3cccc4ccccc34)c2O)c(O)c(-c2cccc3ccccc23)c1. The third-order valence-electron chi connectivity index (χ3n) is 10.8. The quantitative estimate of drug-likeness (QED) is 0.164. The van der Waals surface area contributed by atoms with Crippen LogP contribution in [0.2, 0.25) is 0 Å². The fourth-order valence-electron chi connectivity index (χ4n) is 7.64. The number of benzene rings is 6. The Morgan fingerprint density at radius 1 is 0.500 bits per heavy atom. The Labute approximate surface area is 319 Å². The molecule has 0 bridgehead atoms. The van der Waals surface area contributed by atoms with Crippen molar-refractivity contribution in [1.29, 1.82) is 0 Å². The highest BCUT2D eigenvalue weighted by atomic mass is 32.2. The monoisotopic (exact) mass is 724 g/mol. The zero-order valence-corrected chi connectivity index (χ0v) is 33.1. The summed E-state index contributed by atoms with van der Waals surface area (Å²) >= 11 is 4.01. The molecule has 1 saturated carbocycles. The van der Waals surface area contributed by atoms with Gasteiger partial charge in [0.15, 0.2) is 0 Å². The van der Waals surface area contributed by atoms with Gasteiger partial charge in [-0.15, -0.1) is 0 Å². The van der Waals surface area contributed by atoms with Gasteiger partial charge in [0.1, 0.15) is 11.5 Å². The first-order valence-electron chi connectivity index (χ1n) is 18.8. The lowest BCUT2D eigenvalue weighted by Crippen LogP contribution is -2.25. The molecule has 4 heteroatoms. The van der Waals surface area contributed by atoms with Gasteiger partial charge in [-0.2, -0.15) is 23.5 Å². The normalized spacial score (nSPS) is 16.8. The number of fused-ring (bicyclic) bond motifs is 2. The lowest BCUT2D eigenvalue weighted by atomic mass is 9.83. The van der Waals surface area contributed by atoms with Crippen LogP contribution in [0.4, 0.5) is 0 Å². The fraction of sp³-hybridized carbons (Fsp3) is 0.333. The Kier molecular flexibility index (Phi) is 10.4. The summed E-state index contributed by atoms with van der Waals surface area (Å²) in [6, 6.07) is 38.6. The number of hydrogen-bond acceptors (Lipinski definition) is 4. The highest BCUT2D eigenvalue weighted by molar-refractivity contribution is 8.03. The second kappa shape index (κ2) is 14.9. The van der Waals surface area contributed by atoms with Crippen LogP contribution in [-0.2, 0) is 22.3 Å². The molecule has 1 aliphatic rings. The predicted octanol–water partition coefficient (Wildman–Crippen LogP) is 13.8. The molecular weight excluding hydrogens is 673 g/mol. The summed E-state index contributed by atoms with van der Waals surface area (Å²) in [5.74, 6) is 2.35. The summed E-state index contributed by atoms with van der Waals surface area (Å²) in [4.78, 5) is 0. The molecule has 0 aliphatic heterocycles. The summed E-state index contributed by atoms with van der Waals surface area (Å²) in [5.41, 5.74) is 8.43. The third kappa shape index (κ3) is 7.61. The molecule has 2 atom stereocenters. The molecule has 0 saturated heterocycles. The first kappa shape index (κ1) is 36.5. The minimum Gasteiger partial charge on any atom is -0.507 e. The average Bonchev–Trinajstić information content (AvgIpc) is 3.13. The van der Waals surface area contributed by atoms with E-state index in [0.717, 1.165) is 55.7 Å². The molecule has 1 unspecified atom stereocenters. The number of phenols is 2. The summed E-state index contributed by atoms with van der Waals surface area (Å²) in [5, 5.41) is 29.4. The third-order valence-corrected chi connectivity index (χ3v) is 13.9. The summed E-state index contributed by atoms with van der Waals surface area (Å²) < 4.78 is 0. The number of rotatable bonds is 8. The second-order valence-corrected chi connectivity index (χ2v) is 19.1. The molecule has 52 heavy (non-hydrogen) atoms. The number of aromatic hydroxyl groups is 2. The van der Waals surface area contributed by atoms with Gasteiger partial charge in [0.25, 0.3) is 0 Å². The first-order chi connectivity index (χ1) is 24.9. The largest absolute Gasteiger partial charge is 0.507 e. The summed E-state index contributed by atoms with van der Waals surface area (Å²) in [7, 11) is 0. The highest BCUT2D eigenvalue weighted by Gasteiger charge is 2.29. The second-order valence-electron chi connectivity index (χ2n) is 16.6. The van der Waals surface area contributed by atoms with E-state index in [-0.39, 0.29) is 10.8 Å². The topological polar surface area (TPSA) is 40.5 Å². The van der Waals surface area contributed by atoms with Crippen molar-refractivity contribution < 1.29 is 10.2 Å². The molecular formula is C48H52O2S2. The van der Waals surface area contributed by atoms with Crippen LogP contribution < -0.4 is 0 Å². The van der Waals surface area contributed by atoms with Gasteiger partial charge in [-0.25, -0.2) is 0 Å². The lowest BCUT2D eigenvalue weighted by molar-refractivity contribution is 0.470. The molecule has 2 N–H and O–H groups in total. The van der Waals surface area contributed by atoms with Crippen molar-refractivity contribution in [3.8, 4) is 33.8 Å². The van der Waals surface area contributed by atoms with Gasteiger partial charge in [-0.3, -0.25) is 0 Å². The Morgan fingerprint density at radius 3 is 1.29 bits per heavy atom. The summed E-state index contributed by atoms with van der Waals surface area (Å²) in [6.07, 6.45) is 4.82. The molecule has 0 heterocycles. The molecule has 6 aromatic carbocycles. The zero-order chi connectivity index (χ0) is 36.6. The molecule has 0 amide bonds. The molecule has 6 aromatic rings. The Hall–Kier alpha value is -3.86. The van der Waals surface area contributed by atoms with E-state index in [2.05, 4.69) is 151 Å². The van der Waals surface area contributed by atoms with Crippen molar-refractivity contribution in [2.24, 2.45) is 0 Å². The maximum absolute atomic E-state index is 11.9. The van der Waals surface area contributed by atoms with Gasteiger partial charge in [-0.1, -0.05) is 151 Å². The first-order valence-corrected chi connectivity index (χ1v) is 20.9. The van der Waals surface area contributed by atoms with Crippen molar-refractivity contribution in [2.45, 2.75) is 100 Å². The van der Waals surface area contributed by atoms with Gasteiger partial charge >= 0.3 is 0 Å². The van der Waals surface area contributed by atoms with E-state index in [9.17, 15) is 10.2 Å². The van der Waals surface area contributed by atoms with Gasteiger partial charge in [0.05, 0.1) is 0 Å². The van der Waals surface area contributed by atoms with Gasteiger partial charge < -0.3 is 10.2 Å². The van der Waals surface area contributed by atoms with E-state index >= 15 is 0 Å². The van der Waals surface area contributed by atoms with E-state index in [0.29, 0.717) is 22.0 Å². The van der Waals surface area contributed by atoms with Crippen LogP contribution in [0.3, 0.4) is 0 Å². The van der Waals surface area contributed by atoms with Gasteiger partial charge in [-0.05, 0) is 79.6 Å². The van der Waals surface area contributed by atoms with Crippen LogP contribution in [0.5, 0.6) is 11.5 Å². The van der Waals surface area contributed by atoms with Gasteiger partial charge in [0, 0.05) is 44.3 Å². The molecule has 0 radical (unpaired) electrons. The average molecular weight is 725 g/mol. The molecule has 1 aliphatic carbocycles. The van der Waals surface area contributed by atoms with Crippen LogP contribution >= 0.6 is 23.5 Å². The van der Waals surface area contributed by atoms with Crippen molar-refractivity contribution >= 4 is 45.1 Å². The zero-order valence-electron chi connectivity index (χ0n) is 31.5. The molecule has 1 fully saturated rings. The molecule has 268 valence electrons. The molecule has 0 spiro atoms. The Morgan fingerprint density at radius 2 is 0.885 bits per heavy atom. The van der Waals surface area contributed by atoms with Crippen LogP contribution in [-0.4, -0.2) is 20.7 Å². The van der Waals surface area contributed by atoms with Gasteiger partial charge in [0.2, 0.25) is 0 Å². The van der Waals surface area contributed by atoms with Crippen LogP contribution in [0.1, 0.15) is 89.5 Å². The molecule has 0 aromatic heterocycles. The van der Waals surface area contributed by atoms with E-state index in [4.69, 9.17) is 0 Å². The minimum atomic E-state index is -0.0514. The van der Waals surface area contributed by atoms with E-state index in [1.807, 2.05) is 23.5 Å². The van der Waals surface area contributed by atoms with Crippen LogP contribution in [0.15, 0.2) is 109 Å². The van der Waals surface area contributed by atoms with E-state index in [1.54, 1.807) is 0 Å². The van der Waals surface area contributed by atoms with Crippen molar-refractivity contribution in [1.82, 2.24) is 0 Å². The molecule has 7 rings (SSSR count). The number of hydrogen-bond donors (Lipinski definition) is 2. The van der Waals surface area contributed by atoms with Crippen molar-refractivity contribution in [2.75, 3.05) is 0 Å². The number of phenolic OH excluding ortho intramolecular Hbond substituents is 2. The smallest absolute Gasteiger partial charge is 0.127 e. The maximum Gasteiger partial charge on any atom is 0.127 e. The predicted molar refractivity (Wildman–Crippen MR) is 228 cm³/mol. The van der Waals surface area contributed by atoms with Crippen molar-refractivity contribution in [3.63, 3.8) is 0 Å². The molecule has 2 nitrogen and oxygen atoms in total. The fourth-order valence-corrected chi connectivity index (χ4v) is 10.7. The highest BCUT2D eigenvalue weighted by Crippen LogP contribution is 2.46. The van der Waals surface area contributed by atoms with Crippen molar-refractivity contribution in [3.05, 3.63) is 131 Å². The lowest BCUT2D eigenvalue weighted by Gasteiger charge is -2.31. The minimum absolute atomic E-state index is 0.0514. The summed E-state index contributed by atoms with van der Waals surface area (Å²) in [6.45, 7) is 13.5.